The average Bonchev–Trinajstić information content (AvgIpc) is 2.81. The summed E-state index contributed by atoms with van der Waals surface area (Å²) < 4.78 is 2.24. The molecule has 0 amide bonds. The molecule has 0 aliphatic heterocycles. The molecule has 1 aliphatic carbocycles. The fourth-order valence-electron chi connectivity index (χ4n) is 3.26. The van der Waals surface area contributed by atoms with Crippen molar-refractivity contribution in [2.75, 3.05) is 5.32 Å². The van der Waals surface area contributed by atoms with Gasteiger partial charge in [0.15, 0.2) is 0 Å². The number of hydrogen-bond donors (Lipinski definition) is 1. The SMILES string of the molecule is CCCc1nc2c(C)cccn2c1NC1CCCCC1. The van der Waals surface area contributed by atoms with Crippen LogP contribution in [-0.2, 0) is 6.42 Å². The van der Waals surface area contributed by atoms with Gasteiger partial charge in [-0.2, -0.15) is 0 Å². The standard InChI is InChI=1S/C17H25N3/c1-3-8-15-17(18-14-10-5-4-6-11-14)20-12-7-9-13(2)16(20)19-15/h7,9,12,14,18H,3-6,8,10-11H2,1-2H3. The summed E-state index contributed by atoms with van der Waals surface area (Å²) in [5.74, 6) is 1.23. The summed E-state index contributed by atoms with van der Waals surface area (Å²) in [7, 11) is 0. The van der Waals surface area contributed by atoms with E-state index in [1.54, 1.807) is 0 Å². The lowest BCUT2D eigenvalue weighted by Gasteiger charge is -2.24. The van der Waals surface area contributed by atoms with Gasteiger partial charge in [-0.1, -0.05) is 38.7 Å². The number of imidazole rings is 1. The van der Waals surface area contributed by atoms with Gasteiger partial charge in [-0.15, -0.1) is 0 Å². The van der Waals surface area contributed by atoms with E-state index >= 15 is 0 Å². The predicted molar refractivity (Wildman–Crippen MR) is 84.4 cm³/mol. The van der Waals surface area contributed by atoms with Gasteiger partial charge in [0.05, 0.1) is 5.69 Å². The molecule has 3 rings (SSSR count). The molecule has 108 valence electrons. The summed E-state index contributed by atoms with van der Waals surface area (Å²) in [4.78, 5) is 4.87. The number of nitrogens with one attached hydrogen (secondary N) is 1. The largest absolute Gasteiger partial charge is 0.367 e. The molecular formula is C17H25N3. The lowest BCUT2D eigenvalue weighted by Crippen LogP contribution is -2.23. The molecule has 2 aromatic heterocycles. The van der Waals surface area contributed by atoms with Gasteiger partial charge in [-0.05, 0) is 37.8 Å². The second-order valence-electron chi connectivity index (χ2n) is 6.02. The highest BCUT2D eigenvalue weighted by Crippen LogP contribution is 2.26. The monoisotopic (exact) mass is 271 g/mol. The van der Waals surface area contributed by atoms with Gasteiger partial charge in [-0.25, -0.2) is 4.98 Å². The lowest BCUT2D eigenvalue weighted by atomic mass is 9.95. The molecule has 3 nitrogen and oxygen atoms in total. The Bertz CT molecular complexity index is 579. The van der Waals surface area contributed by atoms with Crippen LogP contribution in [0, 0.1) is 6.92 Å². The summed E-state index contributed by atoms with van der Waals surface area (Å²) in [6, 6.07) is 4.88. The van der Waals surface area contributed by atoms with E-state index in [2.05, 4.69) is 41.9 Å². The van der Waals surface area contributed by atoms with Crippen LogP contribution < -0.4 is 5.32 Å². The fraction of sp³-hybridized carbons (Fsp3) is 0.588. The first-order valence-electron chi connectivity index (χ1n) is 8.02. The van der Waals surface area contributed by atoms with Crippen LogP contribution >= 0.6 is 0 Å². The molecule has 1 saturated carbocycles. The second kappa shape index (κ2) is 5.86. The summed E-state index contributed by atoms with van der Waals surface area (Å²) in [5.41, 5.74) is 3.59. The van der Waals surface area contributed by atoms with Gasteiger partial charge < -0.3 is 5.32 Å². The maximum absolute atomic E-state index is 4.87. The zero-order chi connectivity index (χ0) is 13.9. The molecule has 2 heterocycles. The quantitative estimate of drug-likeness (QED) is 0.896. The first kappa shape index (κ1) is 13.5. The highest BCUT2D eigenvalue weighted by molar-refractivity contribution is 5.59. The van der Waals surface area contributed by atoms with Gasteiger partial charge >= 0.3 is 0 Å². The predicted octanol–water partition coefficient (Wildman–Crippen LogP) is 4.34. The lowest BCUT2D eigenvalue weighted by molar-refractivity contribution is 0.461. The highest BCUT2D eigenvalue weighted by Gasteiger charge is 2.18. The van der Waals surface area contributed by atoms with E-state index < -0.39 is 0 Å². The minimum absolute atomic E-state index is 0.625. The third-order valence-corrected chi connectivity index (χ3v) is 4.35. The van der Waals surface area contributed by atoms with E-state index in [0.717, 1.165) is 18.5 Å². The topological polar surface area (TPSA) is 29.3 Å². The number of pyridine rings is 1. The summed E-state index contributed by atoms with van der Waals surface area (Å²) in [6.07, 6.45) is 11.0. The van der Waals surface area contributed by atoms with Gasteiger partial charge in [0, 0.05) is 12.2 Å². The van der Waals surface area contributed by atoms with Crippen molar-refractivity contribution in [1.82, 2.24) is 9.38 Å². The Morgan fingerprint density at radius 3 is 2.85 bits per heavy atom. The Morgan fingerprint density at radius 2 is 2.10 bits per heavy atom. The third-order valence-electron chi connectivity index (χ3n) is 4.35. The van der Waals surface area contributed by atoms with Crippen LogP contribution in [0.5, 0.6) is 0 Å². The molecular weight excluding hydrogens is 246 g/mol. The van der Waals surface area contributed by atoms with Crippen LogP contribution in [0.2, 0.25) is 0 Å². The van der Waals surface area contributed by atoms with Crippen molar-refractivity contribution in [2.45, 2.75) is 64.8 Å². The maximum Gasteiger partial charge on any atom is 0.141 e. The Morgan fingerprint density at radius 1 is 1.30 bits per heavy atom. The van der Waals surface area contributed by atoms with Crippen molar-refractivity contribution in [2.24, 2.45) is 0 Å². The molecule has 0 atom stereocenters. The number of fused-ring (bicyclic) bond motifs is 1. The van der Waals surface area contributed by atoms with Crippen LogP contribution in [-0.4, -0.2) is 15.4 Å². The molecule has 2 aromatic rings. The highest BCUT2D eigenvalue weighted by atomic mass is 15.1. The normalized spacial score (nSPS) is 16.7. The molecule has 0 aromatic carbocycles. The molecule has 20 heavy (non-hydrogen) atoms. The van der Waals surface area contributed by atoms with Gasteiger partial charge in [-0.3, -0.25) is 4.40 Å². The molecule has 0 unspecified atom stereocenters. The van der Waals surface area contributed by atoms with Crippen LogP contribution in [0.25, 0.3) is 5.65 Å². The number of aryl methyl sites for hydroxylation is 2. The van der Waals surface area contributed by atoms with Gasteiger partial charge in [0.1, 0.15) is 11.5 Å². The van der Waals surface area contributed by atoms with E-state index in [1.807, 2.05) is 0 Å². The van der Waals surface area contributed by atoms with Crippen LogP contribution in [0.3, 0.4) is 0 Å². The minimum atomic E-state index is 0.625. The molecule has 0 radical (unpaired) electrons. The van der Waals surface area contributed by atoms with Crippen LogP contribution in [0.1, 0.15) is 56.7 Å². The number of nitrogens with zero attached hydrogens (tertiary/aromatic N) is 2. The Hall–Kier alpha value is -1.51. The summed E-state index contributed by atoms with van der Waals surface area (Å²) in [5, 5.41) is 3.78. The van der Waals surface area contributed by atoms with Crippen molar-refractivity contribution in [1.29, 1.82) is 0 Å². The molecule has 1 fully saturated rings. The van der Waals surface area contributed by atoms with Crippen molar-refractivity contribution in [3.05, 3.63) is 29.6 Å². The zero-order valence-corrected chi connectivity index (χ0v) is 12.7. The molecule has 1 N–H and O–H groups in total. The Labute approximate surface area is 121 Å². The van der Waals surface area contributed by atoms with E-state index in [9.17, 15) is 0 Å². The molecule has 0 bridgehead atoms. The number of hydrogen-bond acceptors (Lipinski definition) is 2. The van der Waals surface area contributed by atoms with Crippen molar-refractivity contribution in [3.63, 3.8) is 0 Å². The zero-order valence-electron chi connectivity index (χ0n) is 12.7. The van der Waals surface area contributed by atoms with E-state index in [0.29, 0.717) is 6.04 Å². The van der Waals surface area contributed by atoms with E-state index in [1.165, 1.54) is 49.2 Å². The number of rotatable bonds is 4. The minimum Gasteiger partial charge on any atom is -0.367 e. The molecule has 0 saturated heterocycles. The Kier molecular flexibility index (Phi) is 3.95. The first-order valence-corrected chi connectivity index (χ1v) is 8.02. The van der Waals surface area contributed by atoms with Crippen molar-refractivity contribution >= 4 is 11.5 Å². The molecule has 1 aliphatic rings. The maximum atomic E-state index is 4.87. The first-order chi connectivity index (χ1) is 9.79. The smallest absolute Gasteiger partial charge is 0.141 e. The molecule has 3 heteroatoms. The van der Waals surface area contributed by atoms with E-state index in [4.69, 9.17) is 4.98 Å². The second-order valence-corrected chi connectivity index (χ2v) is 6.02. The number of aromatic nitrogens is 2. The fourth-order valence-corrected chi connectivity index (χ4v) is 3.26. The van der Waals surface area contributed by atoms with Crippen molar-refractivity contribution < 1.29 is 0 Å². The Balaban J connectivity index is 1.97. The summed E-state index contributed by atoms with van der Waals surface area (Å²) in [6.45, 7) is 4.36. The van der Waals surface area contributed by atoms with Crippen LogP contribution in [0.4, 0.5) is 5.82 Å². The van der Waals surface area contributed by atoms with Crippen molar-refractivity contribution in [3.8, 4) is 0 Å². The van der Waals surface area contributed by atoms with E-state index in [-0.39, 0.29) is 0 Å². The summed E-state index contributed by atoms with van der Waals surface area (Å²) >= 11 is 0. The van der Waals surface area contributed by atoms with Gasteiger partial charge in [0.25, 0.3) is 0 Å². The average molecular weight is 271 g/mol. The van der Waals surface area contributed by atoms with Crippen LogP contribution in [0.15, 0.2) is 18.3 Å². The van der Waals surface area contributed by atoms with Gasteiger partial charge in [0.2, 0.25) is 0 Å². The third kappa shape index (κ3) is 2.54. The molecule has 0 spiro atoms. The number of anilines is 1.